The van der Waals surface area contributed by atoms with Crippen molar-refractivity contribution in [2.24, 2.45) is 17.1 Å². The summed E-state index contributed by atoms with van der Waals surface area (Å²) >= 11 is 0. The van der Waals surface area contributed by atoms with Crippen molar-refractivity contribution < 1.29 is 9.53 Å². The molecule has 1 amide bonds. The van der Waals surface area contributed by atoms with Gasteiger partial charge >= 0.3 is 6.09 Å². The molecule has 0 aromatic carbocycles. The van der Waals surface area contributed by atoms with Gasteiger partial charge in [0.25, 0.3) is 0 Å². The molecule has 0 aromatic rings. The molecule has 1 aliphatic carbocycles. The maximum Gasteiger partial charge on any atom is 0.404 e. The van der Waals surface area contributed by atoms with E-state index < -0.39 is 6.09 Å². The van der Waals surface area contributed by atoms with Gasteiger partial charge in [0, 0.05) is 5.41 Å². The standard InChI is InChI=1S/C10H18N2O2/c11-9(13)14-7-10(8-1-2-8)3-5-12-6-4-10/h8,12H,1-7H2,(H2,11,13). The zero-order valence-electron chi connectivity index (χ0n) is 8.42. The molecule has 4 nitrogen and oxygen atoms in total. The third-order valence-electron chi connectivity index (χ3n) is 3.54. The number of rotatable bonds is 3. The first kappa shape index (κ1) is 9.77. The summed E-state index contributed by atoms with van der Waals surface area (Å²) in [5.41, 5.74) is 5.25. The number of carbonyl (C=O) groups is 1. The lowest BCUT2D eigenvalue weighted by Crippen LogP contribution is -2.42. The summed E-state index contributed by atoms with van der Waals surface area (Å²) in [6.45, 7) is 2.60. The van der Waals surface area contributed by atoms with Crippen LogP contribution in [0.5, 0.6) is 0 Å². The van der Waals surface area contributed by atoms with Crippen molar-refractivity contribution in [3.05, 3.63) is 0 Å². The maximum absolute atomic E-state index is 10.6. The van der Waals surface area contributed by atoms with Gasteiger partial charge in [0.05, 0.1) is 6.61 Å². The molecule has 0 bridgehead atoms. The average molecular weight is 198 g/mol. The molecule has 1 saturated heterocycles. The lowest BCUT2D eigenvalue weighted by atomic mass is 9.75. The van der Waals surface area contributed by atoms with Crippen LogP contribution in [0.2, 0.25) is 0 Å². The van der Waals surface area contributed by atoms with E-state index in [4.69, 9.17) is 10.5 Å². The molecule has 1 saturated carbocycles. The highest BCUT2D eigenvalue weighted by molar-refractivity contribution is 5.64. The summed E-state index contributed by atoms with van der Waals surface area (Å²) < 4.78 is 5.00. The molecular formula is C10H18N2O2. The topological polar surface area (TPSA) is 64.4 Å². The van der Waals surface area contributed by atoms with Crippen LogP contribution >= 0.6 is 0 Å². The van der Waals surface area contributed by atoms with Crippen molar-refractivity contribution in [1.29, 1.82) is 0 Å². The zero-order chi connectivity index (χ0) is 10.0. The Morgan fingerprint density at radius 2 is 2.07 bits per heavy atom. The van der Waals surface area contributed by atoms with Crippen LogP contribution < -0.4 is 11.1 Å². The van der Waals surface area contributed by atoms with Crippen LogP contribution in [0.3, 0.4) is 0 Å². The molecule has 2 fully saturated rings. The van der Waals surface area contributed by atoms with E-state index in [-0.39, 0.29) is 5.41 Å². The normalized spacial score (nSPS) is 25.7. The molecule has 80 valence electrons. The molecular weight excluding hydrogens is 180 g/mol. The second-order valence-corrected chi connectivity index (χ2v) is 4.49. The van der Waals surface area contributed by atoms with Gasteiger partial charge < -0.3 is 15.8 Å². The van der Waals surface area contributed by atoms with E-state index in [1.165, 1.54) is 12.8 Å². The largest absolute Gasteiger partial charge is 0.449 e. The van der Waals surface area contributed by atoms with E-state index in [1.54, 1.807) is 0 Å². The highest BCUT2D eigenvalue weighted by Gasteiger charge is 2.46. The number of piperidine rings is 1. The summed E-state index contributed by atoms with van der Waals surface area (Å²) in [4.78, 5) is 10.6. The van der Waals surface area contributed by atoms with Gasteiger partial charge in [-0.25, -0.2) is 4.79 Å². The van der Waals surface area contributed by atoms with Crippen LogP contribution in [0.4, 0.5) is 4.79 Å². The number of hydrogen-bond donors (Lipinski definition) is 2. The molecule has 1 aliphatic heterocycles. The van der Waals surface area contributed by atoms with E-state index in [0.29, 0.717) is 6.61 Å². The summed E-state index contributed by atoms with van der Waals surface area (Å²) in [5.74, 6) is 0.768. The number of nitrogens with one attached hydrogen (secondary N) is 1. The first-order chi connectivity index (χ1) is 6.73. The average Bonchev–Trinajstić information content (AvgIpc) is 3.00. The molecule has 4 heteroatoms. The Hall–Kier alpha value is -0.770. The van der Waals surface area contributed by atoms with Crippen molar-refractivity contribution in [3.63, 3.8) is 0 Å². The summed E-state index contributed by atoms with van der Waals surface area (Å²) in [6, 6.07) is 0. The molecule has 14 heavy (non-hydrogen) atoms. The van der Waals surface area contributed by atoms with E-state index in [9.17, 15) is 4.79 Å². The minimum absolute atomic E-state index is 0.236. The smallest absolute Gasteiger partial charge is 0.404 e. The Labute approximate surface area is 84.2 Å². The van der Waals surface area contributed by atoms with Gasteiger partial charge in [-0.05, 0) is 44.7 Å². The fraction of sp³-hybridized carbons (Fsp3) is 0.900. The molecule has 0 aromatic heterocycles. The van der Waals surface area contributed by atoms with Crippen molar-refractivity contribution in [2.45, 2.75) is 25.7 Å². The molecule has 0 unspecified atom stereocenters. The Bertz CT molecular complexity index is 220. The van der Waals surface area contributed by atoms with Crippen molar-refractivity contribution in [3.8, 4) is 0 Å². The predicted molar refractivity (Wildman–Crippen MR) is 52.8 cm³/mol. The monoisotopic (exact) mass is 198 g/mol. The fourth-order valence-corrected chi connectivity index (χ4v) is 2.51. The van der Waals surface area contributed by atoms with Gasteiger partial charge in [0.2, 0.25) is 0 Å². The number of carbonyl (C=O) groups excluding carboxylic acids is 1. The lowest BCUT2D eigenvalue weighted by molar-refractivity contribution is 0.0488. The van der Waals surface area contributed by atoms with Gasteiger partial charge in [-0.3, -0.25) is 0 Å². The molecule has 0 radical (unpaired) electrons. The first-order valence-corrected chi connectivity index (χ1v) is 5.36. The molecule has 0 spiro atoms. The zero-order valence-corrected chi connectivity index (χ0v) is 8.42. The second-order valence-electron chi connectivity index (χ2n) is 4.49. The van der Waals surface area contributed by atoms with Crippen molar-refractivity contribution in [2.75, 3.05) is 19.7 Å². The Kier molecular flexibility index (Phi) is 2.63. The molecule has 3 N–H and O–H groups in total. The number of ether oxygens (including phenoxy) is 1. The van der Waals surface area contributed by atoms with Crippen LogP contribution in [-0.4, -0.2) is 25.8 Å². The van der Waals surface area contributed by atoms with Gasteiger partial charge in [-0.1, -0.05) is 0 Å². The molecule has 0 atom stereocenters. The Morgan fingerprint density at radius 3 is 2.57 bits per heavy atom. The quantitative estimate of drug-likeness (QED) is 0.707. The van der Waals surface area contributed by atoms with Crippen LogP contribution in [-0.2, 0) is 4.74 Å². The summed E-state index contributed by atoms with van der Waals surface area (Å²) in [7, 11) is 0. The summed E-state index contributed by atoms with van der Waals surface area (Å²) in [6.07, 6.45) is 4.18. The predicted octanol–water partition coefficient (Wildman–Crippen LogP) is 0.861. The third-order valence-corrected chi connectivity index (χ3v) is 3.54. The number of hydrogen-bond acceptors (Lipinski definition) is 3. The second kappa shape index (κ2) is 3.77. The van der Waals surface area contributed by atoms with E-state index >= 15 is 0 Å². The Balaban J connectivity index is 1.94. The van der Waals surface area contributed by atoms with Crippen molar-refractivity contribution in [1.82, 2.24) is 5.32 Å². The first-order valence-electron chi connectivity index (χ1n) is 5.36. The highest BCUT2D eigenvalue weighted by Crippen LogP contribution is 2.50. The molecule has 2 rings (SSSR count). The van der Waals surface area contributed by atoms with Crippen molar-refractivity contribution >= 4 is 6.09 Å². The minimum atomic E-state index is -0.636. The van der Waals surface area contributed by atoms with E-state index in [0.717, 1.165) is 31.8 Å². The SMILES string of the molecule is NC(=O)OCC1(C2CC2)CCNCC1. The number of primary amides is 1. The number of amides is 1. The maximum atomic E-state index is 10.6. The van der Waals surface area contributed by atoms with Gasteiger partial charge in [-0.2, -0.15) is 0 Å². The minimum Gasteiger partial charge on any atom is -0.449 e. The fourth-order valence-electron chi connectivity index (χ4n) is 2.51. The lowest BCUT2D eigenvalue weighted by Gasteiger charge is -2.37. The molecule has 2 aliphatic rings. The number of nitrogens with two attached hydrogens (primary N) is 1. The van der Waals surface area contributed by atoms with Crippen LogP contribution in [0.25, 0.3) is 0 Å². The van der Waals surface area contributed by atoms with E-state index in [2.05, 4.69) is 5.32 Å². The van der Waals surface area contributed by atoms with Gasteiger partial charge in [-0.15, -0.1) is 0 Å². The summed E-state index contributed by atoms with van der Waals surface area (Å²) in [5, 5.41) is 3.34. The van der Waals surface area contributed by atoms with Crippen LogP contribution in [0.1, 0.15) is 25.7 Å². The Morgan fingerprint density at radius 1 is 1.43 bits per heavy atom. The third kappa shape index (κ3) is 2.00. The van der Waals surface area contributed by atoms with Gasteiger partial charge in [0.15, 0.2) is 0 Å². The van der Waals surface area contributed by atoms with Gasteiger partial charge in [0.1, 0.15) is 0 Å². The molecule has 1 heterocycles. The van der Waals surface area contributed by atoms with Crippen LogP contribution in [0, 0.1) is 11.3 Å². The highest BCUT2D eigenvalue weighted by atomic mass is 16.5. The van der Waals surface area contributed by atoms with Crippen LogP contribution in [0.15, 0.2) is 0 Å². The van der Waals surface area contributed by atoms with E-state index in [1.807, 2.05) is 0 Å².